The Morgan fingerprint density at radius 1 is 1.35 bits per heavy atom. The normalized spacial score (nSPS) is 11.2. The second-order valence-corrected chi connectivity index (χ2v) is 4.61. The largest absolute Gasteiger partial charge is 0.382 e. The topological polar surface area (TPSA) is 96.5 Å². The van der Waals surface area contributed by atoms with Crippen molar-refractivity contribution in [3.63, 3.8) is 0 Å². The summed E-state index contributed by atoms with van der Waals surface area (Å²) in [6.07, 6.45) is 5.70. The van der Waals surface area contributed by atoms with Gasteiger partial charge in [0.15, 0.2) is 5.65 Å². The third-order valence-corrected chi connectivity index (χ3v) is 3.17. The number of hydrogen-bond donors (Lipinski definition) is 1. The summed E-state index contributed by atoms with van der Waals surface area (Å²) in [5, 5.41) is 8.68. The van der Waals surface area contributed by atoms with E-state index in [1.807, 2.05) is 6.20 Å². The van der Waals surface area contributed by atoms with Crippen molar-refractivity contribution in [1.82, 2.24) is 29.1 Å². The van der Waals surface area contributed by atoms with Crippen LogP contribution in [-0.2, 0) is 20.1 Å². The van der Waals surface area contributed by atoms with Gasteiger partial charge in [0.2, 0.25) is 0 Å². The van der Waals surface area contributed by atoms with Gasteiger partial charge in [-0.3, -0.25) is 18.7 Å². The maximum atomic E-state index is 12.2. The predicted octanol–water partition coefficient (Wildman–Crippen LogP) is -0.00100. The van der Waals surface area contributed by atoms with Crippen LogP contribution >= 0.6 is 0 Å². The second-order valence-electron chi connectivity index (χ2n) is 4.61. The van der Waals surface area contributed by atoms with E-state index in [0.717, 1.165) is 6.42 Å². The van der Waals surface area contributed by atoms with Crippen molar-refractivity contribution in [3.05, 3.63) is 35.1 Å². The third-order valence-electron chi connectivity index (χ3n) is 3.17. The van der Waals surface area contributed by atoms with E-state index in [-0.39, 0.29) is 5.56 Å². The quantitative estimate of drug-likeness (QED) is 0.721. The SMILES string of the molecule is Cn1ncc2c(=O)n(CCCn3ccc(N)n3)cnc21. The van der Waals surface area contributed by atoms with Gasteiger partial charge in [-0.05, 0) is 12.5 Å². The van der Waals surface area contributed by atoms with Crippen LogP contribution in [0.15, 0.2) is 29.6 Å². The second kappa shape index (κ2) is 4.80. The van der Waals surface area contributed by atoms with Gasteiger partial charge in [0.1, 0.15) is 11.2 Å². The first kappa shape index (κ1) is 12.4. The molecule has 0 unspecified atom stereocenters. The van der Waals surface area contributed by atoms with Crippen molar-refractivity contribution in [2.45, 2.75) is 19.5 Å². The molecule has 0 spiro atoms. The van der Waals surface area contributed by atoms with Crippen LogP contribution in [-0.4, -0.2) is 29.1 Å². The summed E-state index contributed by atoms with van der Waals surface area (Å²) in [6, 6.07) is 1.75. The van der Waals surface area contributed by atoms with Crippen LogP contribution in [0.5, 0.6) is 0 Å². The number of aromatic nitrogens is 6. The van der Waals surface area contributed by atoms with Crippen molar-refractivity contribution in [1.29, 1.82) is 0 Å². The predicted molar refractivity (Wildman–Crippen MR) is 74.0 cm³/mol. The minimum atomic E-state index is -0.0666. The summed E-state index contributed by atoms with van der Waals surface area (Å²) in [4.78, 5) is 16.5. The van der Waals surface area contributed by atoms with E-state index in [0.29, 0.717) is 29.9 Å². The van der Waals surface area contributed by atoms with Crippen LogP contribution in [0.4, 0.5) is 5.82 Å². The van der Waals surface area contributed by atoms with Crippen molar-refractivity contribution < 1.29 is 0 Å². The zero-order valence-corrected chi connectivity index (χ0v) is 11.1. The zero-order valence-electron chi connectivity index (χ0n) is 11.1. The molecule has 20 heavy (non-hydrogen) atoms. The Hall–Kier alpha value is -2.64. The Morgan fingerprint density at radius 3 is 2.95 bits per heavy atom. The highest BCUT2D eigenvalue weighted by Gasteiger charge is 2.07. The Labute approximate surface area is 114 Å². The molecule has 0 aliphatic rings. The number of fused-ring (bicyclic) bond motifs is 1. The number of rotatable bonds is 4. The van der Waals surface area contributed by atoms with Gasteiger partial charge >= 0.3 is 0 Å². The monoisotopic (exact) mass is 273 g/mol. The lowest BCUT2D eigenvalue weighted by molar-refractivity contribution is 0.519. The molecular weight excluding hydrogens is 258 g/mol. The Bertz CT molecular complexity index is 798. The van der Waals surface area contributed by atoms with E-state index < -0.39 is 0 Å². The minimum absolute atomic E-state index is 0.0666. The average Bonchev–Trinajstić information content (AvgIpc) is 3.00. The van der Waals surface area contributed by atoms with Crippen molar-refractivity contribution >= 4 is 16.9 Å². The molecule has 2 N–H and O–H groups in total. The fourth-order valence-electron chi connectivity index (χ4n) is 2.13. The molecule has 0 saturated carbocycles. The van der Waals surface area contributed by atoms with Gasteiger partial charge in [-0.2, -0.15) is 10.2 Å². The fourth-order valence-corrected chi connectivity index (χ4v) is 2.13. The van der Waals surface area contributed by atoms with Crippen molar-refractivity contribution in [2.75, 3.05) is 5.73 Å². The number of nitrogen functional groups attached to an aromatic ring is 1. The van der Waals surface area contributed by atoms with E-state index in [1.165, 1.54) is 0 Å². The lowest BCUT2D eigenvalue weighted by Crippen LogP contribution is -2.21. The molecule has 0 saturated heterocycles. The molecule has 8 nitrogen and oxygen atoms in total. The Morgan fingerprint density at radius 2 is 2.20 bits per heavy atom. The highest BCUT2D eigenvalue weighted by molar-refractivity contribution is 5.72. The highest BCUT2D eigenvalue weighted by Crippen LogP contribution is 2.04. The van der Waals surface area contributed by atoms with E-state index in [1.54, 1.807) is 39.6 Å². The van der Waals surface area contributed by atoms with Gasteiger partial charge < -0.3 is 5.73 Å². The lowest BCUT2D eigenvalue weighted by Gasteiger charge is -2.05. The average molecular weight is 273 g/mol. The number of nitrogens with zero attached hydrogens (tertiary/aromatic N) is 6. The molecule has 104 valence electrons. The van der Waals surface area contributed by atoms with Crippen LogP contribution in [0.3, 0.4) is 0 Å². The standard InChI is InChI=1S/C12H15N7O/c1-17-11-9(7-15-17)12(20)18(8-14-11)4-2-5-19-6-3-10(13)16-19/h3,6-8H,2,4-5H2,1H3,(H2,13,16). The highest BCUT2D eigenvalue weighted by atomic mass is 16.1. The number of nitrogens with two attached hydrogens (primary N) is 1. The van der Waals surface area contributed by atoms with E-state index >= 15 is 0 Å². The molecule has 0 atom stereocenters. The molecule has 3 heterocycles. The van der Waals surface area contributed by atoms with E-state index in [9.17, 15) is 4.79 Å². The van der Waals surface area contributed by atoms with Gasteiger partial charge in [-0.15, -0.1) is 0 Å². The molecule has 3 rings (SSSR count). The maximum Gasteiger partial charge on any atom is 0.264 e. The smallest absolute Gasteiger partial charge is 0.264 e. The summed E-state index contributed by atoms with van der Waals surface area (Å²) in [7, 11) is 1.77. The molecule has 0 radical (unpaired) electrons. The molecular formula is C12H15N7O. The molecule has 0 aliphatic heterocycles. The first-order valence-electron chi connectivity index (χ1n) is 6.31. The van der Waals surface area contributed by atoms with E-state index in [2.05, 4.69) is 15.2 Å². The lowest BCUT2D eigenvalue weighted by atomic mass is 10.4. The molecule has 0 fully saturated rings. The zero-order chi connectivity index (χ0) is 14.1. The van der Waals surface area contributed by atoms with Gasteiger partial charge in [-0.1, -0.05) is 0 Å². The Balaban J connectivity index is 1.74. The molecule has 0 amide bonds. The number of anilines is 1. The summed E-state index contributed by atoms with van der Waals surface area (Å²) in [5.74, 6) is 0.501. The number of aryl methyl sites for hydroxylation is 3. The Kier molecular flexibility index (Phi) is 2.97. The van der Waals surface area contributed by atoms with Gasteiger partial charge in [0.25, 0.3) is 5.56 Å². The first-order valence-corrected chi connectivity index (χ1v) is 6.31. The summed E-state index contributed by atoms with van der Waals surface area (Å²) < 4.78 is 4.95. The third kappa shape index (κ3) is 2.15. The van der Waals surface area contributed by atoms with Gasteiger partial charge in [0.05, 0.1) is 12.5 Å². The van der Waals surface area contributed by atoms with Crippen molar-refractivity contribution in [2.24, 2.45) is 7.05 Å². The van der Waals surface area contributed by atoms with Crippen molar-refractivity contribution in [3.8, 4) is 0 Å². The van der Waals surface area contributed by atoms with Gasteiger partial charge in [0, 0.05) is 26.3 Å². The van der Waals surface area contributed by atoms with E-state index in [4.69, 9.17) is 5.73 Å². The van der Waals surface area contributed by atoms with Crippen LogP contribution in [0.1, 0.15) is 6.42 Å². The number of hydrogen-bond acceptors (Lipinski definition) is 5. The summed E-state index contributed by atoms with van der Waals surface area (Å²) in [6.45, 7) is 1.28. The fraction of sp³-hybridized carbons (Fsp3) is 0.333. The molecule has 3 aromatic rings. The first-order chi connectivity index (χ1) is 9.65. The van der Waals surface area contributed by atoms with Crippen LogP contribution < -0.4 is 11.3 Å². The van der Waals surface area contributed by atoms with Crippen LogP contribution in [0, 0.1) is 0 Å². The molecule has 0 aromatic carbocycles. The molecule has 0 aliphatic carbocycles. The molecule has 0 bridgehead atoms. The van der Waals surface area contributed by atoms with Crippen LogP contribution in [0.25, 0.3) is 11.0 Å². The van der Waals surface area contributed by atoms with Gasteiger partial charge in [-0.25, -0.2) is 4.98 Å². The minimum Gasteiger partial charge on any atom is -0.382 e. The summed E-state index contributed by atoms with van der Waals surface area (Å²) >= 11 is 0. The molecule has 8 heteroatoms. The maximum absolute atomic E-state index is 12.2. The molecule has 3 aromatic heterocycles. The van der Waals surface area contributed by atoms with Crippen LogP contribution in [0.2, 0.25) is 0 Å². The summed E-state index contributed by atoms with van der Waals surface area (Å²) in [5.41, 5.74) is 6.08.